The molecule has 26 heavy (non-hydrogen) atoms. The molecule has 1 heterocycles. The molecule has 1 saturated heterocycles. The molecule has 2 aromatic carbocycles. The molecule has 0 amide bonds. The average molecular weight is 477 g/mol. The van der Waals surface area contributed by atoms with Crippen LogP contribution in [-0.4, -0.2) is 29.6 Å². The van der Waals surface area contributed by atoms with Gasteiger partial charge in [-0.3, -0.25) is 4.79 Å². The Labute approximate surface area is 160 Å². The van der Waals surface area contributed by atoms with E-state index in [-0.39, 0.29) is 36.4 Å². The smallest absolute Gasteiger partial charge is 0.199 e. The van der Waals surface area contributed by atoms with Gasteiger partial charge in [-0.05, 0) is 46.9 Å². The van der Waals surface area contributed by atoms with E-state index in [2.05, 4.69) is 10.6 Å². The van der Waals surface area contributed by atoms with Crippen molar-refractivity contribution in [2.75, 3.05) is 18.4 Å². The molecule has 5 nitrogen and oxygen atoms in total. The Morgan fingerprint density at radius 3 is 2.50 bits per heavy atom. The third-order valence-corrected chi connectivity index (χ3v) is 4.87. The van der Waals surface area contributed by atoms with Gasteiger partial charge in [0.1, 0.15) is 5.82 Å². The van der Waals surface area contributed by atoms with E-state index in [0.29, 0.717) is 3.57 Å². The predicted molar refractivity (Wildman–Crippen MR) is 98.8 cm³/mol. The Morgan fingerprint density at radius 2 is 1.96 bits per heavy atom. The molecule has 0 saturated carbocycles. The number of anilines is 2. The van der Waals surface area contributed by atoms with Crippen LogP contribution in [0, 0.1) is 21.0 Å². The van der Waals surface area contributed by atoms with Crippen LogP contribution in [-0.2, 0) is 6.54 Å². The normalized spacial score (nSPS) is 15.5. The van der Waals surface area contributed by atoms with Crippen molar-refractivity contribution in [3.8, 4) is 0 Å². The Balaban J connectivity index is 2.12. The number of β-amino-alcohol motifs (C(OH)–C–C–N with tert-alkyl or cyclic N) is 1. The highest BCUT2D eigenvalue weighted by atomic mass is 127. The number of nitrogens with two attached hydrogens (primary N) is 1. The molecule has 2 aromatic rings. The number of rotatable bonds is 5. The van der Waals surface area contributed by atoms with Crippen LogP contribution in [0.1, 0.15) is 15.9 Å². The predicted octanol–water partition coefficient (Wildman–Crippen LogP) is 2.43. The van der Waals surface area contributed by atoms with E-state index >= 15 is 0 Å². The first-order valence-electron chi connectivity index (χ1n) is 7.68. The summed E-state index contributed by atoms with van der Waals surface area (Å²) in [6.07, 6.45) is 0. The van der Waals surface area contributed by atoms with E-state index in [4.69, 9.17) is 5.73 Å². The van der Waals surface area contributed by atoms with Gasteiger partial charge in [0, 0.05) is 34.3 Å². The maximum atomic E-state index is 14.6. The van der Waals surface area contributed by atoms with Crippen molar-refractivity contribution >= 4 is 39.7 Å². The highest BCUT2D eigenvalue weighted by Crippen LogP contribution is 2.33. The Hall–Kier alpha value is -1.69. The average Bonchev–Trinajstić information content (AvgIpc) is 2.58. The van der Waals surface area contributed by atoms with Crippen molar-refractivity contribution in [2.45, 2.75) is 12.1 Å². The van der Waals surface area contributed by atoms with Crippen LogP contribution in [0.5, 0.6) is 0 Å². The fraction of sp³-hybridized carbons (Fsp3) is 0.235. The van der Waals surface area contributed by atoms with Crippen LogP contribution in [0.4, 0.5) is 24.5 Å². The van der Waals surface area contributed by atoms with Gasteiger partial charge in [0.15, 0.2) is 23.0 Å². The van der Waals surface area contributed by atoms with Crippen molar-refractivity contribution in [3.63, 3.8) is 0 Å². The SMILES string of the molecule is NCc1cc(C(=O)C2(O)CNC2)c(Nc2ccc(I)cc2F)c(F)c1F. The number of carbonyl (C=O) groups is 1. The summed E-state index contributed by atoms with van der Waals surface area (Å²) in [5, 5.41) is 15.5. The van der Waals surface area contributed by atoms with Crippen molar-refractivity contribution in [3.05, 3.63) is 56.4 Å². The quantitative estimate of drug-likeness (QED) is 0.393. The molecule has 138 valence electrons. The Bertz CT molecular complexity index is 888. The van der Waals surface area contributed by atoms with Crippen LogP contribution < -0.4 is 16.4 Å². The number of nitrogens with one attached hydrogen (secondary N) is 2. The van der Waals surface area contributed by atoms with Crippen LogP contribution in [0.15, 0.2) is 24.3 Å². The van der Waals surface area contributed by atoms with Gasteiger partial charge < -0.3 is 21.5 Å². The molecule has 0 unspecified atom stereocenters. The lowest BCUT2D eigenvalue weighted by molar-refractivity contribution is 0.00304. The van der Waals surface area contributed by atoms with E-state index in [9.17, 15) is 23.1 Å². The Kier molecular flexibility index (Phi) is 5.24. The van der Waals surface area contributed by atoms with Gasteiger partial charge in [0.05, 0.1) is 11.4 Å². The molecular weight excluding hydrogens is 462 g/mol. The van der Waals surface area contributed by atoms with Crippen molar-refractivity contribution in [1.29, 1.82) is 0 Å². The summed E-state index contributed by atoms with van der Waals surface area (Å²) < 4.78 is 43.5. The van der Waals surface area contributed by atoms with Crippen molar-refractivity contribution < 1.29 is 23.1 Å². The van der Waals surface area contributed by atoms with Crippen LogP contribution >= 0.6 is 22.6 Å². The molecule has 0 radical (unpaired) electrons. The van der Waals surface area contributed by atoms with Gasteiger partial charge in [-0.15, -0.1) is 0 Å². The molecule has 0 aromatic heterocycles. The first kappa shape index (κ1) is 19.1. The Morgan fingerprint density at radius 1 is 1.27 bits per heavy atom. The summed E-state index contributed by atoms with van der Waals surface area (Å²) in [5.41, 5.74) is 2.53. The number of benzene rings is 2. The second-order valence-corrected chi connectivity index (χ2v) is 7.25. The summed E-state index contributed by atoms with van der Waals surface area (Å²) in [6.45, 7) is -0.363. The van der Waals surface area contributed by atoms with E-state index in [1.54, 1.807) is 6.07 Å². The maximum absolute atomic E-state index is 14.6. The topological polar surface area (TPSA) is 87.4 Å². The highest BCUT2D eigenvalue weighted by Gasteiger charge is 2.44. The van der Waals surface area contributed by atoms with Crippen molar-refractivity contribution in [1.82, 2.24) is 5.32 Å². The minimum atomic E-state index is -1.73. The summed E-state index contributed by atoms with van der Waals surface area (Å²) in [6, 6.07) is 5.21. The number of Topliss-reactive ketones (excluding diaryl/α,β-unsaturated/α-hetero) is 1. The summed E-state index contributed by atoms with van der Waals surface area (Å²) in [4.78, 5) is 12.7. The van der Waals surface area contributed by atoms with Gasteiger partial charge >= 0.3 is 0 Å². The zero-order valence-corrected chi connectivity index (χ0v) is 15.5. The first-order valence-corrected chi connectivity index (χ1v) is 8.75. The second kappa shape index (κ2) is 7.14. The minimum absolute atomic E-state index is 0.0138. The van der Waals surface area contributed by atoms with E-state index in [1.807, 2.05) is 22.6 Å². The largest absolute Gasteiger partial charge is 0.379 e. The fourth-order valence-corrected chi connectivity index (χ4v) is 3.08. The number of aliphatic hydroxyl groups is 1. The van der Waals surface area contributed by atoms with Gasteiger partial charge in [-0.25, -0.2) is 13.2 Å². The number of hydrogen-bond acceptors (Lipinski definition) is 5. The molecule has 0 spiro atoms. The number of hydrogen-bond donors (Lipinski definition) is 4. The van der Waals surface area contributed by atoms with Gasteiger partial charge in [-0.2, -0.15) is 0 Å². The molecule has 1 fully saturated rings. The molecule has 5 N–H and O–H groups in total. The number of ketones is 1. The molecule has 1 aliphatic rings. The van der Waals surface area contributed by atoms with E-state index < -0.39 is 34.5 Å². The molecule has 3 rings (SSSR count). The summed E-state index contributed by atoms with van der Waals surface area (Å²) in [5.74, 6) is -4.07. The number of halogens is 4. The third-order valence-electron chi connectivity index (χ3n) is 4.19. The van der Waals surface area contributed by atoms with Gasteiger partial charge in [-0.1, -0.05) is 0 Å². The summed E-state index contributed by atoms with van der Waals surface area (Å²) >= 11 is 1.90. The molecule has 9 heteroatoms. The lowest BCUT2D eigenvalue weighted by atomic mass is 9.86. The minimum Gasteiger partial charge on any atom is -0.379 e. The molecule has 0 atom stereocenters. The third kappa shape index (κ3) is 3.31. The number of carbonyl (C=O) groups excluding carboxylic acids is 1. The van der Waals surface area contributed by atoms with Crippen LogP contribution in [0.3, 0.4) is 0 Å². The zero-order chi connectivity index (χ0) is 19.1. The molecule has 0 bridgehead atoms. The first-order chi connectivity index (χ1) is 12.3. The standard InChI is InChI=1S/C17H15F3IN3O2/c18-11-4-9(21)1-2-12(11)24-15-10(16(25)17(26)6-23-7-17)3-8(5-22)13(19)14(15)20/h1-4,23-24,26H,5-7,22H2. The molecule has 0 aliphatic carbocycles. The zero-order valence-electron chi connectivity index (χ0n) is 13.4. The lowest BCUT2D eigenvalue weighted by Gasteiger charge is -2.36. The van der Waals surface area contributed by atoms with Gasteiger partial charge in [0.25, 0.3) is 0 Å². The van der Waals surface area contributed by atoms with E-state index in [1.165, 1.54) is 12.1 Å². The fourth-order valence-electron chi connectivity index (χ4n) is 2.63. The molecular formula is C17H15F3IN3O2. The lowest BCUT2D eigenvalue weighted by Crippen LogP contribution is -2.64. The van der Waals surface area contributed by atoms with Crippen LogP contribution in [0.2, 0.25) is 0 Å². The van der Waals surface area contributed by atoms with Gasteiger partial charge in [0.2, 0.25) is 0 Å². The second-order valence-electron chi connectivity index (χ2n) is 6.00. The maximum Gasteiger partial charge on any atom is 0.199 e. The van der Waals surface area contributed by atoms with Crippen LogP contribution in [0.25, 0.3) is 0 Å². The van der Waals surface area contributed by atoms with Crippen molar-refractivity contribution in [2.24, 2.45) is 5.73 Å². The monoisotopic (exact) mass is 477 g/mol. The summed E-state index contributed by atoms with van der Waals surface area (Å²) in [7, 11) is 0. The van der Waals surface area contributed by atoms with E-state index in [0.717, 1.165) is 6.07 Å². The highest BCUT2D eigenvalue weighted by molar-refractivity contribution is 14.1. The molecule has 1 aliphatic heterocycles.